The molecule has 1 aliphatic rings. The van der Waals surface area contributed by atoms with Crippen LogP contribution in [0, 0.1) is 0 Å². The average molecular weight is 243 g/mol. The molecule has 1 aromatic carbocycles. The van der Waals surface area contributed by atoms with Gasteiger partial charge < -0.3 is 5.73 Å². The number of benzene rings is 1. The van der Waals surface area contributed by atoms with Crippen molar-refractivity contribution in [3.8, 4) is 0 Å². The van der Waals surface area contributed by atoms with Crippen LogP contribution in [0.15, 0.2) is 40.6 Å². The number of rotatable bonds is 1. The smallest absolute Gasteiger partial charge is 0.154 e. The maximum atomic E-state index is 5.81. The van der Waals surface area contributed by atoms with Gasteiger partial charge in [0.2, 0.25) is 0 Å². The molecule has 0 saturated carbocycles. The van der Waals surface area contributed by atoms with Crippen LogP contribution in [0.5, 0.6) is 0 Å². The molecule has 78 valence electrons. The van der Waals surface area contributed by atoms with Crippen molar-refractivity contribution in [1.29, 1.82) is 0 Å². The Morgan fingerprint density at radius 3 is 2.67 bits per heavy atom. The van der Waals surface area contributed by atoms with Gasteiger partial charge in [0.05, 0.1) is 5.69 Å². The third-order valence-corrected chi connectivity index (χ3v) is 2.20. The second kappa shape index (κ2) is 4.00. The van der Waals surface area contributed by atoms with Crippen molar-refractivity contribution in [2.24, 2.45) is 5.10 Å². The quantitative estimate of drug-likeness (QED) is 0.587. The lowest BCUT2D eigenvalue weighted by molar-refractivity contribution is 0.762. The number of nitrogens with one attached hydrogen (secondary N) is 1. The molecule has 6 heteroatoms. The summed E-state index contributed by atoms with van der Waals surface area (Å²) in [5, 5.41) is 6.14. The van der Waals surface area contributed by atoms with E-state index in [-0.39, 0.29) is 0 Å². The number of allylic oxidation sites excluding steroid dienone is 1. The number of anilines is 2. The number of nitrogen functional groups attached to an aromatic ring is 1. The van der Waals surface area contributed by atoms with Crippen LogP contribution in [0.1, 0.15) is 0 Å². The number of hydrazine groups is 1. The molecule has 0 unspecified atom stereocenters. The summed E-state index contributed by atoms with van der Waals surface area (Å²) >= 11 is 11.6. The zero-order valence-corrected chi connectivity index (χ0v) is 9.13. The number of nitrogens with two attached hydrogens (primary N) is 1. The van der Waals surface area contributed by atoms with Crippen LogP contribution in [0.3, 0.4) is 0 Å². The highest BCUT2D eigenvalue weighted by Crippen LogP contribution is 2.24. The highest BCUT2D eigenvalue weighted by Gasteiger charge is 2.13. The highest BCUT2D eigenvalue weighted by atomic mass is 35.5. The summed E-state index contributed by atoms with van der Waals surface area (Å²) in [6, 6.07) is 7.27. The lowest BCUT2D eigenvalue weighted by Gasteiger charge is -2.24. The molecule has 0 aliphatic carbocycles. The molecule has 0 atom stereocenters. The SMILES string of the molecule is Nc1ccccc1N1N=C(Cl)C=C(Cl)N1. The van der Waals surface area contributed by atoms with E-state index in [1.807, 2.05) is 18.2 Å². The lowest BCUT2D eigenvalue weighted by Crippen LogP contribution is -2.35. The van der Waals surface area contributed by atoms with Crippen LogP contribution in [-0.4, -0.2) is 5.17 Å². The van der Waals surface area contributed by atoms with E-state index in [0.29, 0.717) is 21.7 Å². The Balaban J connectivity index is 2.35. The number of hydrogen-bond acceptors (Lipinski definition) is 4. The molecule has 2 rings (SSSR count). The maximum Gasteiger partial charge on any atom is 0.154 e. The molecule has 0 bridgehead atoms. The summed E-state index contributed by atoms with van der Waals surface area (Å²) in [4.78, 5) is 0. The largest absolute Gasteiger partial charge is 0.397 e. The van der Waals surface area contributed by atoms with Gasteiger partial charge in [0, 0.05) is 6.08 Å². The van der Waals surface area contributed by atoms with E-state index in [2.05, 4.69) is 10.5 Å². The third kappa shape index (κ3) is 2.16. The van der Waals surface area contributed by atoms with E-state index < -0.39 is 0 Å². The summed E-state index contributed by atoms with van der Waals surface area (Å²) in [5.74, 6) is 0. The Morgan fingerprint density at radius 1 is 1.27 bits per heavy atom. The predicted molar refractivity (Wildman–Crippen MR) is 63.7 cm³/mol. The molecule has 0 radical (unpaired) electrons. The summed E-state index contributed by atoms with van der Waals surface area (Å²) in [6.45, 7) is 0. The van der Waals surface area contributed by atoms with Crippen LogP contribution < -0.4 is 16.3 Å². The minimum atomic E-state index is 0.294. The maximum absolute atomic E-state index is 5.81. The third-order valence-electron chi connectivity index (χ3n) is 1.82. The molecule has 1 aromatic rings. The van der Waals surface area contributed by atoms with Gasteiger partial charge in [-0.2, -0.15) is 5.12 Å². The van der Waals surface area contributed by atoms with Gasteiger partial charge in [-0.3, -0.25) is 5.43 Å². The van der Waals surface area contributed by atoms with Crippen molar-refractivity contribution < 1.29 is 0 Å². The molecule has 0 saturated heterocycles. The minimum absolute atomic E-state index is 0.294. The molecule has 1 heterocycles. The first-order valence-electron chi connectivity index (χ1n) is 4.19. The van der Waals surface area contributed by atoms with E-state index >= 15 is 0 Å². The molecular weight excluding hydrogens is 235 g/mol. The molecule has 4 nitrogen and oxygen atoms in total. The van der Waals surface area contributed by atoms with Crippen molar-refractivity contribution in [1.82, 2.24) is 5.43 Å². The summed E-state index contributed by atoms with van der Waals surface area (Å²) < 4.78 is 0. The van der Waals surface area contributed by atoms with Gasteiger partial charge in [-0.1, -0.05) is 35.3 Å². The highest BCUT2D eigenvalue weighted by molar-refractivity contribution is 6.69. The monoisotopic (exact) mass is 242 g/mol. The predicted octanol–water partition coefficient (Wildman–Crippen LogP) is 2.23. The van der Waals surface area contributed by atoms with E-state index in [1.165, 1.54) is 11.2 Å². The molecule has 0 aromatic heterocycles. The molecule has 0 spiro atoms. The molecule has 1 aliphatic heterocycles. The lowest BCUT2D eigenvalue weighted by atomic mass is 10.3. The van der Waals surface area contributed by atoms with Crippen LogP contribution in [-0.2, 0) is 0 Å². The number of hydrazone groups is 1. The first kappa shape index (κ1) is 10.1. The van der Waals surface area contributed by atoms with Gasteiger partial charge in [-0.05, 0) is 12.1 Å². The van der Waals surface area contributed by atoms with Gasteiger partial charge in [0.15, 0.2) is 5.17 Å². The Bertz CT molecular complexity index is 441. The topological polar surface area (TPSA) is 53.6 Å². The molecule has 0 fully saturated rings. The molecule has 15 heavy (non-hydrogen) atoms. The fraction of sp³-hybridized carbons (Fsp3) is 0. The van der Waals surface area contributed by atoms with Gasteiger partial charge in [-0.15, -0.1) is 5.10 Å². The van der Waals surface area contributed by atoms with Crippen molar-refractivity contribution >= 4 is 39.7 Å². The van der Waals surface area contributed by atoms with Gasteiger partial charge >= 0.3 is 0 Å². The Labute approximate surface area is 96.9 Å². The summed E-state index contributed by atoms with van der Waals surface area (Å²) in [6.07, 6.45) is 1.51. The molecule has 0 amide bonds. The number of nitrogens with zero attached hydrogens (tertiary/aromatic N) is 2. The first-order chi connectivity index (χ1) is 7.16. The number of halogens is 2. The fourth-order valence-electron chi connectivity index (χ4n) is 1.18. The second-order valence-corrected chi connectivity index (χ2v) is 3.69. The Morgan fingerprint density at radius 2 is 2.00 bits per heavy atom. The molecule has 3 N–H and O–H groups in total. The van der Waals surface area contributed by atoms with E-state index in [4.69, 9.17) is 28.9 Å². The van der Waals surface area contributed by atoms with Crippen molar-refractivity contribution in [3.63, 3.8) is 0 Å². The van der Waals surface area contributed by atoms with E-state index in [1.54, 1.807) is 6.07 Å². The van der Waals surface area contributed by atoms with Crippen molar-refractivity contribution in [3.05, 3.63) is 35.5 Å². The Kier molecular flexibility index (Phi) is 2.70. The second-order valence-electron chi connectivity index (χ2n) is 2.90. The van der Waals surface area contributed by atoms with Gasteiger partial charge in [0.25, 0.3) is 0 Å². The van der Waals surface area contributed by atoms with Gasteiger partial charge in [-0.25, -0.2) is 0 Å². The summed E-state index contributed by atoms with van der Waals surface area (Å²) in [7, 11) is 0. The fourth-order valence-corrected chi connectivity index (χ4v) is 1.61. The van der Waals surface area contributed by atoms with Crippen LogP contribution in [0.25, 0.3) is 0 Å². The average Bonchev–Trinajstić information content (AvgIpc) is 2.16. The van der Waals surface area contributed by atoms with Gasteiger partial charge in [0.1, 0.15) is 10.8 Å². The minimum Gasteiger partial charge on any atom is -0.397 e. The van der Waals surface area contributed by atoms with Crippen LogP contribution >= 0.6 is 23.2 Å². The van der Waals surface area contributed by atoms with Crippen LogP contribution in [0.2, 0.25) is 0 Å². The normalized spacial score (nSPS) is 15.5. The van der Waals surface area contributed by atoms with Crippen molar-refractivity contribution in [2.75, 3.05) is 10.9 Å². The van der Waals surface area contributed by atoms with E-state index in [9.17, 15) is 0 Å². The van der Waals surface area contributed by atoms with Crippen molar-refractivity contribution in [2.45, 2.75) is 0 Å². The van der Waals surface area contributed by atoms with E-state index in [0.717, 1.165) is 0 Å². The standard InChI is InChI=1S/C9H8Cl2N4/c10-8-5-9(11)14-15(13-8)7-4-2-1-3-6(7)12/h1-5,13H,12H2. The number of para-hydroxylation sites is 2. The van der Waals surface area contributed by atoms with Crippen LogP contribution in [0.4, 0.5) is 11.4 Å². The Hall–Kier alpha value is -1.39. The summed E-state index contributed by atoms with van der Waals surface area (Å²) in [5.41, 5.74) is 9.88. The number of hydrogen-bond donors (Lipinski definition) is 2. The first-order valence-corrected chi connectivity index (χ1v) is 4.95. The zero-order valence-electron chi connectivity index (χ0n) is 7.61. The zero-order chi connectivity index (χ0) is 10.8. The molecular formula is C9H8Cl2N4.